The van der Waals surface area contributed by atoms with E-state index < -0.39 is 12.1 Å². The first kappa shape index (κ1) is 18.7. The molecule has 0 aromatic carbocycles. The van der Waals surface area contributed by atoms with Crippen LogP contribution in [0, 0.1) is 11.8 Å². The van der Waals surface area contributed by atoms with Gasteiger partial charge >= 0.3 is 6.09 Å². The first-order chi connectivity index (χ1) is 9.18. The zero-order valence-electron chi connectivity index (χ0n) is 13.4. The molecule has 4 N–H and O–H groups in total. The molecule has 0 heterocycles. The topological polar surface area (TPSA) is 93.4 Å². The molecule has 0 rings (SSSR count). The number of ether oxygens (including phenoxy) is 1. The van der Waals surface area contributed by atoms with Crippen molar-refractivity contribution in [2.45, 2.75) is 59.7 Å². The van der Waals surface area contributed by atoms with E-state index in [-0.39, 0.29) is 29.9 Å². The van der Waals surface area contributed by atoms with Crippen LogP contribution in [0.4, 0.5) is 4.79 Å². The minimum absolute atomic E-state index is 0.0414. The monoisotopic (exact) mass is 287 g/mol. The summed E-state index contributed by atoms with van der Waals surface area (Å²) in [5.74, 6) is -0.0375. The second kappa shape index (κ2) is 8.79. The van der Waals surface area contributed by atoms with Gasteiger partial charge in [0.2, 0.25) is 5.91 Å². The molecule has 0 aliphatic heterocycles. The predicted octanol–water partition coefficient (Wildman–Crippen LogP) is 1.25. The standard InChI is InChI=1S/C14H29N3O3/c1-8(2)11(7-15)16-13(18)12(9(3)4)17-14(19)20-10(5)6/h8-12H,7,15H2,1-6H3,(H,16,18)(H,17,19). The van der Waals surface area contributed by atoms with Gasteiger partial charge in [-0.25, -0.2) is 4.79 Å². The zero-order chi connectivity index (χ0) is 15.9. The van der Waals surface area contributed by atoms with E-state index in [0.29, 0.717) is 6.54 Å². The molecule has 2 amide bonds. The Labute approximate surface area is 121 Å². The summed E-state index contributed by atoms with van der Waals surface area (Å²) in [6, 6.07) is -0.735. The van der Waals surface area contributed by atoms with Crippen molar-refractivity contribution in [2.24, 2.45) is 17.6 Å². The SMILES string of the molecule is CC(C)OC(=O)NC(C(=O)NC(CN)C(C)C)C(C)C. The van der Waals surface area contributed by atoms with Gasteiger partial charge in [0.15, 0.2) is 0 Å². The van der Waals surface area contributed by atoms with Gasteiger partial charge in [-0.05, 0) is 25.7 Å². The number of nitrogens with two attached hydrogens (primary N) is 1. The Hall–Kier alpha value is -1.30. The van der Waals surface area contributed by atoms with Crippen molar-refractivity contribution in [1.29, 1.82) is 0 Å². The Bertz CT molecular complexity index is 317. The summed E-state index contributed by atoms with van der Waals surface area (Å²) in [5, 5.41) is 5.47. The Kier molecular flexibility index (Phi) is 8.22. The van der Waals surface area contributed by atoms with E-state index in [1.807, 2.05) is 27.7 Å². The van der Waals surface area contributed by atoms with Crippen LogP contribution in [0.25, 0.3) is 0 Å². The number of nitrogens with one attached hydrogen (secondary N) is 2. The van der Waals surface area contributed by atoms with Crippen LogP contribution < -0.4 is 16.4 Å². The summed E-state index contributed by atoms with van der Waals surface area (Å²) in [4.78, 5) is 23.9. The normalized spacial score (nSPS) is 14.3. The highest BCUT2D eigenvalue weighted by atomic mass is 16.6. The lowest BCUT2D eigenvalue weighted by Crippen LogP contribution is -2.54. The fourth-order valence-corrected chi connectivity index (χ4v) is 1.68. The van der Waals surface area contributed by atoms with E-state index in [0.717, 1.165) is 0 Å². The maximum absolute atomic E-state index is 12.2. The third kappa shape index (κ3) is 6.75. The molecule has 0 aromatic rings. The van der Waals surface area contributed by atoms with Gasteiger partial charge < -0.3 is 21.1 Å². The zero-order valence-corrected chi connectivity index (χ0v) is 13.4. The first-order valence-corrected chi connectivity index (χ1v) is 7.16. The summed E-state index contributed by atoms with van der Waals surface area (Å²) in [6.07, 6.45) is -0.805. The third-order valence-corrected chi connectivity index (χ3v) is 2.95. The smallest absolute Gasteiger partial charge is 0.408 e. The molecule has 0 fully saturated rings. The van der Waals surface area contributed by atoms with E-state index in [1.54, 1.807) is 13.8 Å². The van der Waals surface area contributed by atoms with Crippen molar-refractivity contribution in [2.75, 3.05) is 6.54 Å². The third-order valence-electron chi connectivity index (χ3n) is 2.95. The summed E-state index contributed by atoms with van der Waals surface area (Å²) in [5.41, 5.74) is 5.64. The summed E-state index contributed by atoms with van der Waals surface area (Å²) in [6.45, 7) is 11.6. The number of hydrogen-bond acceptors (Lipinski definition) is 4. The molecule has 0 radical (unpaired) electrons. The van der Waals surface area contributed by atoms with Gasteiger partial charge in [0.25, 0.3) is 0 Å². The number of amides is 2. The molecule has 0 saturated heterocycles. The second-order valence-corrected chi connectivity index (χ2v) is 5.91. The van der Waals surface area contributed by atoms with Crippen LogP contribution in [0.3, 0.4) is 0 Å². The molecule has 20 heavy (non-hydrogen) atoms. The highest BCUT2D eigenvalue weighted by Gasteiger charge is 2.27. The Morgan fingerprint density at radius 1 is 1.00 bits per heavy atom. The molecular weight excluding hydrogens is 258 g/mol. The minimum atomic E-state index is -0.631. The van der Waals surface area contributed by atoms with Crippen LogP contribution in [-0.4, -0.2) is 36.7 Å². The predicted molar refractivity (Wildman–Crippen MR) is 79.2 cm³/mol. The lowest BCUT2D eigenvalue weighted by atomic mass is 10.0. The molecule has 0 bridgehead atoms. The molecule has 6 nitrogen and oxygen atoms in total. The lowest BCUT2D eigenvalue weighted by Gasteiger charge is -2.26. The molecule has 6 heteroatoms. The van der Waals surface area contributed by atoms with Crippen molar-refractivity contribution in [3.63, 3.8) is 0 Å². The van der Waals surface area contributed by atoms with Crippen molar-refractivity contribution in [3.8, 4) is 0 Å². The fourth-order valence-electron chi connectivity index (χ4n) is 1.68. The largest absolute Gasteiger partial charge is 0.447 e. The van der Waals surface area contributed by atoms with Crippen LogP contribution in [0.2, 0.25) is 0 Å². The van der Waals surface area contributed by atoms with Crippen LogP contribution in [0.1, 0.15) is 41.5 Å². The molecule has 118 valence electrons. The summed E-state index contributed by atoms with van der Waals surface area (Å²) in [7, 11) is 0. The van der Waals surface area contributed by atoms with Gasteiger partial charge in [-0.3, -0.25) is 4.79 Å². The van der Waals surface area contributed by atoms with Crippen LogP contribution >= 0.6 is 0 Å². The van der Waals surface area contributed by atoms with Gasteiger partial charge in [-0.15, -0.1) is 0 Å². The van der Waals surface area contributed by atoms with E-state index in [9.17, 15) is 9.59 Å². The quantitative estimate of drug-likeness (QED) is 0.657. The number of rotatable bonds is 7. The number of carbonyl (C=O) groups is 2. The van der Waals surface area contributed by atoms with Gasteiger partial charge in [-0.2, -0.15) is 0 Å². The molecule has 2 atom stereocenters. The highest BCUT2D eigenvalue weighted by Crippen LogP contribution is 2.06. The molecule has 0 aliphatic carbocycles. The van der Waals surface area contributed by atoms with Gasteiger partial charge in [-0.1, -0.05) is 27.7 Å². The van der Waals surface area contributed by atoms with Gasteiger partial charge in [0.1, 0.15) is 6.04 Å². The number of hydrogen-bond donors (Lipinski definition) is 3. The maximum Gasteiger partial charge on any atom is 0.408 e. The minimum Gasteiger partial charge on any atom is -0.447 e. The average molecular weight is 287 g/mol. The number of carbonyl (C=O) groups excluding carboxylic acids is 2. The van der Waals surface area contributed by atoms with E-state index in [2.05, 4.69) is 10.6 Å². The molecule has 2 unspecified atom stereocenters. The van der Waals surface area contributed by atoms with Crippen LogP contribution in [0.5, 0.6) is 0 Å². The van der Waals surface area contributed by atoms with Gasteiger partial charge in [0, 0.05) is 12.6 Å². The van der Waals surface area contributed by atoms with Gasteiger partial charge in [0.05, 0.1) is 6.10 Å². The fraction of sp³-hybridized carbons (Fsp3) is 0.857. The number of alkyl carbamates (subject to hydrolysis) is 1. The van der Waals surface area contributed by atoms with Crippen LogP contribution in [0.15, 0.2) is 0 Å². The van der Waals surface area contributed by atoms with E-state index in [4.69, 9.17) is 10.5 Å². The molecular formula is C14H29N3O3. The molecule has 0 aromatic heterocycles. The Morgan fingerprint density at radius 3 is 1.90 bits per heavy atom. The van der Waals surface area contributed by atoms with E-state index in [1.165, 1.54) is 0 Å². The Balaban J connectivity index is 4.66. The lowest BCUT2D eigenvalue weighted by molar-refractivity contribution is -0.125. The van der Waals surface area contributed by atoms with Crippen molar-refractivity contribution < 1.29 is 14.3 Å². The van der Waals surface area contributed by atoms with Crippen LogP contribution in [-0.2, 0) is 9.53 Å². The highest BCUT2D eigenvalue weighted by molar-refractivity contribution is 5.86. The summed E-state index contributed by atoms with van der Waals surface area (Å²) >= 11 is 0. The first-order valence-electron chi connectivity index (χ1n) is 7.16. The maximum atomic E-state index is 12.2. The Morgan fingerprint density at radius 2 is 1.55 bits per heavy atom. The van der Waals surface area contributed by atoms with Crippen molar-refractivity contribution in [3.05, 3.63) is 0 Å². The molecule has 0 saturated carbocycles. The van der Waals surface area contributed by atoms with Crippen molar-refractivity contribution in [1.82, 2.24) is 10.6 Å². The second-order valence-electron chi connectivity index (χ2n) is 5.91. The van der Waals surface area contributed by atoms with E-state index >= 15 is 0 Å². The molecule has 0 aliphatic rings. The average Bonchev–Trinajstić information content (AvgIpc) is 2.30. The molecule has 0 spiro atoms. The van der Waals surface area contributed by atoms with Crippen molar-refractivity contribution >= 4 is 12.0 Å². The summed E-state index contributed by atoms with van der Waals surface area (Å²) < 4.78 is 5.01.